The summed E-state index contributed by atoms with van der Waals surface area (Å²) in [5, 5.41) is 4.14. The first-order valence-electron chi connectivity index (χ1n) is 6.23. The van der Waals surface area contributed by atoms with Crippen LogP contribution in [0.5, 0.6) is 0 Å². The van der Waals surface area contributed by atoms with E-state index in [1.54, 1.807) is 0 Å². The van der Waals surface area contributed by atoms with Gasteiger partial charge >= 0.3 is 0 Å². The SMILES string of the molecule is CSc1nc(NN)cc(NCC2(C(C)C)CC2)n1. The van der Waals surface area contributed by atoms with Crippen LogP contribution in [0.4, 0.5) is 11.6 Å². The zero-order chi connectivity index (χ0) is 13.2. The summed E-state index contributed by atoms with van der Waals surface area (Å²) < 4.78 is 0. The summed E-state index contributed by atoms with van der Waals surface area (Å²) in [5.41, 5.74) is 3.03. The fourth-order valence-corrected chi connectivity index (χ4v) is 2.45. The number of hydrogen-bond acceptors (Lipinski definition) is 6. The quantitative estimate of drug-likeness (QED) is 0.318. The van der Waals surface area contributed by atoms with Crippen molar-refractivity contribution in [3.63, 3.8) is 0 Å². The lowest BCUT2D eigenvalue weighted by molar-refractivity contribution is 0.379. The zero-order valence-electron chi connectivity index (χ0n) is 11.2. The Kier molecular flexibility index (Phi) is 3.97. The second-order valence-corrected chi connectivity index (χ2v) is 5.91. The number of anilines is 2. The molecule has 0 spiro atoms. The number of hydrazine groups is 1. The first-order chi connectivity index (χ1) is 8.59. The molecule has 18 heavy (non-hydrogen) atoms. The summed E-state index contributed by atoms with van der Waals surface area (Å²) in [4.78, 5) is 8.68. The van der Waals surface area contributed by atoms with Gasteiger partial charge in [-0.15, -0.1) is 0 Å². The summed E-state index contributed by atoms with van der Waals surface area (Å²) in [6.45, 7) is 5.54. The minimum Gasteiger partial charge on any atom is -0.369 e. The fraction of sp³-hybridized carbons (Fsp3) is 0.667. The maximum Gasteiger partial charge on any atom is 0.191 e. The molecule has 5 nitrogen and oxygen atoms in total. The third-order valence-corrected chi connectivity index (χ3v) is 4.32. The highest BCUT2D eigenvalue weighted by Gasteiger charge is 2.44. The van der Waals surface area contributed by atoms with Gasteiger partial charge < -0.3 is 10.7 Å². The van der Waals surface area contributed by atoms with Gasteiger partial charge in [-0.05, 0) is 30.4 Å². The van der Waals surface area contributed by atoms with Crippen LogP contribution in [-0.4, -0.2) is 22.8 Å². The number of nitrogens with zero attached hydrogens (tertiary/aromatic N) is 2. The maximum absolute atomic E-state index is 5.41. The average Bonchev–Trinajstić information content (AvgIpc) is 3.17. The number of aromatic nitrogens is 2. The van der Waals surface area contributed by atoms with Gasteiger partial charge in [-0.3, -0.25) is 0 Å². The highest BCUT2D eigenvalue weighted by Crippen LogP contribution is 2.51. The van der Waals surface area contributed by atoms with Crippen molar-refractivity contribution in [2.75, 3.05) is 23.5 Å². The Morgan fingerprint density at radius 1 is 1.39 bits per heavy atom. The molecule has 1 aliphatic rings. The van der Waals surface area contributed by atoms with Crippen molar-refractivity contribution in [2.24, 2.45) is 17.2 Å². The van der Waals surface area contributed by atoms with Crippen LogP contribution in [0.15, 0.2) is 11.2 Å². The summed E-state index contributed by atoms with van der Waals surface area (Å²) in [5.74, 6) is 7.60. The Morgan fingerprint density at radius 3 is 2.56 bits per heavy atom. The predicted molar refractivity (Wildman–Crippen MR) is 76.6 cm³/mol. The first-order valence-corrected chi connectivity index (χ1v) is 7.46. The Morgan fingerprint density at radius 2 is 2.06 bits per heavy atom. The van der Waals surface area contributed by atoms with E-state index < -0.39 is 0 Å². The second kappa shape index (κ2) is 5.32. The van der Waals surface area contributed by atoms with Gasteiger partial charge in [0.1, 0.15) is 11.6 Å². The van der Waals surface area contributed by atoms with E-state index in [9.17, 15) is 0 Å². The summed E-state index contributed by atoms with van der Waals surface area (Å²) in [6.07, 6.45) is 4.57. The third kappa shape index (κ3) is 2.87. The van der Waals surface area contributed by atoms with Crippen LogP contribution in [0.25, 0.3) is 0 Å². The van der Waals surface area contributed by atoms with Crippen molar-refractivity contribution in [1.82, 2.24) is 9.97 Å². The van der Waals surface area contributed by atoms with Crippen molar-refractivity contribution in [3.8, 4) is 0 Å². The first kappa shape index (κ1) is 13.4. The van der Waals surface area contributed by atoms with Crippen molar-refractivity contribution >= 4 is 23.4 Å². The second-order valence-electron chi connectivity index (χ2n) is 5.14. The topological polar surface area (TPSA) is 75.9 Å². The van der Waals surface area contributed by atoms with Gasteiger partial charge in [0.25, 0.3) is 0 Å². The normalized spacial score (nSPS) is 16.7. The molecule has 1 fully saturated rings. The minimum atomic E-state index is 0.459. The molecular weight excluding hydrogens is 246 g/mol. The van der Waals surface area contributed by atoms with Crippen LogP contribution in [0.1, 0.15) is 26.7 Å². The number of hydrogen-bond donors (Lipinski definition) is 3. The minimum absolute atomic E-state index is 0.459. The van der Waals surface area contributed by atoms with Crippen LogP contribution >= 0.6 is 11.8 Å². The van der Waals surface area contributed by atoms with Gasteiger partial charge in [-0.1, -0.05) is 25.6 Å². The summed E-state index contributed by atoms with van der Waals surface area (Å²) >= 11 is 1.51. The number of nitrogens with two attached hydrogens (primary N) is 1. The van der Waals surface area contributed by atoms with Crippen LogP contribution in [0, 0.1) is 11.3 Å². The smallest absolute Gasteiger partial charge is 0.191 e. The standard InChI is InChI=1S/C12H21N5S/c1-8(2)12(4-5-12)7-14-9-6-10(17-13)16-11(15-9)18-3/h6,8H,4-5,7,13H2,1-3H3,(H2,14,15,16,17). The van der Waals surface area contributed by atoms with Crippen molar-refractivity contribution in [2.45, 2.75) is 31.8 Å². The number of nitrogens with one attached hydrogen (secondary N) is 2. The summed E-state index contributed by atoms with van der Waals surface area (Å²) in [6, 6.07) is 1.84. The molecular formula is C12H21N5S. The predicted octanol–water partition coefficient (Wildman–Crippen LogP) is 2.33. The van der Waals surface area contributed by atoms with E-state index in [0.717, 1.165) is 17.5 Å². The fourth-order valence-electron chi connectivity index (χ4n) is 2.07. The molecule has 4 N–H and O–H groups in total. The lowest BCUT2D eigenvalue weighted by Crippen LogP contribution is -2.21. The molecule has 6 heteroatoms. The molecule has 0 bridgehead atoms. The summed E-state index contributed by atoms with van der Waals surface area (Å²) in [7, 11) is 0. The maximum atomic E-state index is 5.41. The van der Waals surface area contributed by atoms with E-state index in [2.05, 4.69) is 34.6 Å². The molecule has 1 aromatic rings. The Balaban J connectivity index is 2.05. The zero-order valence-corrected chi connectivity index (χ0v) is 12.0. The van der Waals surface area contributed by atoms with Crippen LogP contribution < -0.4 is 16.6 Å². The molecule has 0 saturated heterocycles. The van der Waals surface area contributed by atoms with E-state index in [1.807, 2.05) is 12.3 Å². The highest BCUT2D eigenvalue weighted by molar-refractivity contribution is 7.98. The van der Waals surface area contributed by atoms with E-state index in [-0.39, 0.29) is 0 Å². The van der Waals surface area contributed by atoms with E-state index >= 15 is 0 Å². The Bertz CT molecular complexity index is 395. The van der Waals surface area contributed by atoms with Crippen LogP contribution in [0.3, 0.4) is 0 Å². The van der Waals surface area contributed by atoms with Gasteiger partial charge in [0.2, 0.25) is 0 Å². The Labute approximate surface area is 112 Å². The molecule has 1 heterocycles. The molecule has 1 aliphatic carbocycles. The number of thioether (sulfide) groups is 1. The lowest BCUT2D eigenvalue weighted by Gasteiger charge is -2.20. The Hall–Kier alpha value is -1.01. The molecule has 1 saturated carbocycles. The molecule has 100 valence electrons. The van der Waals surface area contributed by atoms with Crippen molar-refractivity contribution in [1.29, 1.82) is 0 Å². The molecule has 0 amide bonds. The van der Waals surface area contributed by atoms with Crippen LogP contribution in [0.2, 0.25) is 0 Å². The van der Waals surface area contributed by atoms with Gasteiger partial charge in [-0.2, -0.15) is 0 Å². The van der Waals surface area contributed by atoms with Gasteiger partial charge in [0, 0.05) is 12.6 Å². The molecule has 0 radical (unpaired) electrons. The van der Waals surface area contributed by atoms with Crippen LogP contribution in [-0.2, 0) is 0 Å². The van der Waals surface area contributed by atoms with E-state index in [1.165, 1.54) is 24.6 Å². The highest BCUT2D eigenvalue weighted by atomic mass is 32.2. The lowest BCUT2D eigenvalue weighted by atomic mass is 9.92. The molecule has 1 aromatic heterocycles. The van der Waals surface area contributed by atoms with Gasteiger partial charge in [0.05, 0.1) is 0 Å². The van der Waals surface area contributed by atoms with Crippen molar-refractivity contribution in [3.05, 3.63) is 6.07 Å². The number of nitrogen functional groups attached to an aromatic ring is 1. The van der Waals surface area contributed by atoms with Crippen molar-refractivity contribution < 1.29 is 0 Å². The largest absolute Gasteiger partial charge is 0.369 e. The average molecular weight is 267 g/mol. The van der Waals surface area contributed by atoms with Gasteiger partial charge in [-0.25, -0.2) is 15.8 Å². The molecule has 0 aromatic carbocycles. The van der Waals surface area contributed by atoms with E-state index in [0.29, 0.717) is 17.2 Å². The van der Waals surface area contributed by atoms with Gasteiger partial charge in [0.15, 0.2) is 5.16 Å². The number of rotatable bonds is 6. The third-order valence-electron chi connectivity index (χ3n) is 3.77. The monoisotopic (exact) mass is 267 g/mol. The van der Waals surface area contributed by atoms with E-state index in [4.69, 9.17) is 5.84 Å². The molecule has 0 aliphatic heterocycles. The molecule has 0 unspecified atom stereocenters. The molecule has 2 rings (SSSR count). The molecule has 0 atom stereocenters.